The number of carbonyl (C=O) groups is 2. The highest BCUT2D eigenvalue weighted by molar-refractivity contribution is 7.85. The number of guanidine groups is 2. The summed E-state index contributed by atoms with van der Waals surface area (Å²) in [6, 6.07) is 13.7. The van der Waals surface area contributed by atoms with E-state index in [1.807, 2.05) is 30.3 Å². The molecule has 11 nitrogen and oxygen atoms in total. The van der Waals surface area contributed by atoms with Crippen molar-refractivity contribution in [3.63, 3.8) is 0 Å². The normalized spacial score (nSPS) is 10.1. The van der Waals surface area contributed by atoms with Crippen LogP contribution < -0.4 is 22.9 Å². The van der Waals surface area contributed by atoms with E-state index in [2.05, 4.69) is 9.98 Å². The first-order chi connectivity index (χ1) is 13.4. The Morgan fingerprint density at radius 1 is 0.793 bits per heavy atom. The minimum atomic E-state index is -3.67. The Labute approximate surface area is 166 Å². The second-order valence-corrected chi connectivity index (χ2v) is 7.05. The van der Waals surface area contributed by atoms with Crippen LogP contribution in [0.4, 0.5) is 0 Å². The lowest BCUT2D eigenvalue weighted by Crippen LogP contribution is -2.24. The Morgan fingerprint density at radius 2 is 1.17 bits per heavy atom. The summed E-state index contributed by atoms with van der Waals surface area (Å²) in [7, 11) is -3.67. The molecule has 0 atom stereocenters. The molecule has 0 radical (unpaired) electrons. The maximum atomic E-state index is 12.1. The zero-order valence-corrected chi connectivity index (χ0v) is 16.1. The summed E-state index contributed by atoms with van der Waals surface area (Å²) in [5, 5.41) is 0. The van der Waals surface area contributed by atoms with Gasteiger partial charge in [0.15, 0.2) is 11.9 Å². The van der Waals surface area contributed by atoms with Gasteiger partial charge < -0.3 is 22.9 Å². The maximum Gasteiger partial charge on any atom is 0.280 e. The highest BCUT2D eigenvalue weighted by atomic mass is 32.2. The van der Waals surface area contributed by atoms with Gasteiger partial charge in [0, 0.05) is 11.1 Å². The molecule has 0 aliphatic rings. The molecule has 0 saturated heterocycles. The fraction of sp³-hybridized carbons (Fsp3) is 0.0588. The molecule has 0 unspecified atom stereocenters. The molecule has 154 valence electrons. The van der Waals surface area contributed by atoms with Crippen LogP contribution in [0.25, 0.3) is 11.1 Å². The number of nitrogens with two attached hydrogens (primary N) is 4. The van der Waals surface area contributed by atoms with Gasteiger partial charge >= 0.3 is 0 Å². The number of aliphatic imine (C=N–C) groups is 2. The lowest BCUT2D eigenvalue weighted by Gasteiger charge is -2.07. The van der Waals surface area contributed by atoms with Gasteiger partial charge in [0.25, 0.3) is 21.9 Å². The zero-order chi connectivity index (χ0) is 22.2. The van der Waals surface area contributed by atoms with E-state index < -0.39 is 21.9 Å². The number of hydrogen-bond acceptors (Lipinski definition) is 4. The fourth-order valence-electron chi connectivity index (χ4n) is 2.04. The highest BCUT2D eigenvalue weighted by Gasteiger charge is 2.14. The van der Waals surface area contributed by atoms with E-state index in [1.165, 1.54) is 6.07 Å². The SMILES string of the molecule is CS(=O)(=O)O.NC(N)=NC(=O)c1cc(C(=O)N=C(N)N)cc(-c2ccccc2)c1. The van der Waals surface area contributed by atoms with Crippen molar-refractivity contribution in [1.82, 2.24) is 0 Å². The third-order valence-electron chi connectivity index (χ3n) is 3.00. The predicted molar refractivity (Wildman–Crippen MR) is 110 cm³/mol. The van der Waals surface area contributed by atoms with Gasteiger partial charge in [0.05, 0.1) is 6.26 Å². The molecule has 0 heterocycles. The van der Waals surface area contributed by atoms with Crippen molar-refractivity contribution in [3.8, 4) is 11.1 Å². The molecule has 0 aromatic heterocycles. The largest absolute Gasteiger partial charge is 0.370 e. The van der Waals surface area contributed by atoms with Crippen LogP contribution in [0.5, 0.6) is 0 Å². The van der Waals surface area contributed by atoms with Crippen molar-refractivity contribution < 1.29 is 22.6 Å². The molecule has 2 rings (SSSR count). The van der Waals surface area contributed by atoms with Gasteiger partial charge in [-0.2, -0.15) is 18.4 Å². The summed E-state index contributed by atoms with van der Waals surface area (Å²) < 4.78 is 25.9. The Kier molecular flexibility index (Phi) is 7.99. The second kappa shape index (κ2) is 9.96. The highest BCUT2D eigenvalue weighted by Crippen LogP contribution is 2.23. The Balaban J connectivity index is 0.000000749. The van der Waals surface area contributed by atoms with Gasteiger partial charge in [-0.25, -0.2) is 0 Å². The van der Waals surface area contributed by atoms with Crippen molar-refractivity contribution in [3.05, 3.63) is 59.7 Å². The molecular formula is C17H20N6O5S. The first kappa shape index (κ1) is 23.3. The molecule has 29 heavy (non-hydrogen) atoms. The second-order valence-electron chi connectivity index (χ2n) is 5.58. The van der Waals surface area contributed by atoms with Crippen molar-refractivity contribution in [2.75, 3.05) is 6.26 Å². The quantitative estimate of drug-likeness (QED) is 0.249. The van der Waals surface area contributed by atoms with Crippen LogP contribution >= 0.6 is 0 Å². The molecule has 12 heteroatoms. The molecular weight excluding hydrogens is 400 g/mol. The summed E-state index contributed by atoms with van der Waals surface area (Å²) in [6.45, 7) is 0. The average Bonchev–Trinajstić information content (AvgIpc) is 2.59. The van der Waals surface area contributed by atoms with Crippen molar-refractivity contribution >= 4 is 33.9 Å². The van der Waals surface area contributed by atoms with Crippen LogP contribution in [0.3, 0.4) is 0 Å². The zero-order valence-electron chi connectivity index (χ0n) is 15.3. The predicted octanol–water partition coefficient (Wildman–Crippen LogP) is -0.315. The lowest BCUT2D eigenvalue weighted by atomic mass is 9.99. The van der Waals surface area contributed by atoms with Crippen molar-refractivity contribution in [2.45, 2.75) is 0 Å². The van der Waals surface area contributed by atoms with Gasteiger partial charge in [0.2, 0.25) is 0 Å². The Bertz CT molecular complexity index is 1000. The molecule has 0 aliphatic heterocycles. The number of carbonyl (C=O) groups excluding carboxylic acids is 2. The Morgan fingerprint density at radius 3 is 1.52 bits per heavy atom. The molecule has 0 saturated carbocycles. The van der Waals surface area contributed by atoms with Gasteiger partial charge in [-0.3, -0.25) is 14.1 Å². The summed E-state index contributed by atoms with van der Waals surface area (Å²) in [5.41, 5.74) is 22.6. The minimum absolute atomic E-state index is 0.138. The van der Waals surface area contributed by atoms with Crippen LogP contribution in [0.2, 0.25) is 0 Å². The summed E-state index contributed by atoms with van der Waals surface area (Å²) in [6.07, 6.45) is 0.715. The summed E-state index contributed by atoms with van der Waals surface area (Å²) in [4.78, 5) is 31.1. The molecule has 2 amide bonds. The average molecular weight is 420 g/mol. The monoisotopic (exact) mass is 420 g/mol. The van der Waals surface area contributed by atoms with Crippen molar-refractivity contribution in [2.24, 2.45) is 32.9 Å². The van der Waals surface area contributed by atoms with E-state index in [0.717, 1.165) is 5.56 Å². The van der Waals surface area contributed by atoms with E-state index in [1.54, 1.807) is 12.1 Å². The van der Waals surface area contributed by atoms with Crippen LogP contribution in [-0.4, -0.2) is 43.0 Å². The van der Waals surface area contributed by atoms with E-state index in [-0.39, 0.29) is 23.0 Å². The summed E-state index contributed by atoms with van der Waals surface area (Å²) >= 11 is 0. The first-order valence-electron chi connectivity index (χ1n) is 7.77. The maximum absolute atomic E-state index is 12.1. The van der Waals surface area contributed by atoms with Crippen molar-refractivity contribution in [1.29, 1.82) is 0 Å². The third-order valence-corrected chi connectivity index (χ3v) is 3.00. The molecule has 0 aliphatic carbocycles. The Hall–Kier alpha value is -3.77. The van der Waals surface area contributed by atoms with Gasteiger partial charge in [-0.1, -0.05) is 30.3 Å². The number of rotatable bonds is 3. The minimum Gasteiger partial charge on any atom is -0.370 e. The third kappa shape index (κ3) is 9.12. The van der Waals surface area contributed by atoms with Crippen LogP contribution in [0, 0.1) is 0 Å². The van der Waals surface area contributed by atoms with E-state index >= 15 is 0 Å². The van der Waals surface area contributed by atoms with Gasteiger partial charge in [-0.15, -0.1) is 0 Å². The molecule has 2 aromatic rings. The van der Waals surface area contributed by atoms with Crippen LogP contribution in [0.15, 0.2) is 58.5 Å². The van der Waals surface area contributed by atoms with E-state index in [4.69, 9.17) is 27.5 Å². The van der Waals surface area contributed by atoms with E-state index in [9.17, 15) is 18.0 Å². The first-order valence-corrected chi connectivity index (χ1v) is 9.62. The fourth-order valence-corrected chi connectivity index (χ4v) is 2.04. The smallest absolute Gasteiger partial charge is 0.280 e. The van der Waals surface area contributed by atoms with Gasteiger partial charge in [0.1, 0.15) is 0 Å². The molecule has 0 fully saturated rings. The standard InChI is InChI=1S/C16H16N6O2.CH4O3S/c17-15(18)21-13(23)11-6-10(9-4-2-1-3-5-9)7-12(8-11)14(24)22-16(19)20;1-5(2,3)4/h1-8H,(H4,17,18,21,23)(H4,19,20,22,24);1H3,(H,2,3,4). The molecule has 2 aromatic carbocycles. The summed E-state index contributed by atoms with van der Waals surface area (Å²) in [5.74, 6) is -2.09. The number of hydrogen-bond donors (Lipinski definition) is 5. The van der Waals surface area contributed by atoms with E-state index in [0.29, 0.717) is 11.8 Å². The van der Waals surface area contributed by atoms with Crippen LogP contribution in [-0.2, 0) is 10.1 Å². The number of amides is 2. The molecule has 9 N–H and O–H groups in total. The topological polar surface area (TPSA) is 217 Å². The molecule has 0 spiro atoms. The molecule has 0 bridgehead atoms. The van der Waals surface area contributed by atoms with Gasteiger partial charge in [-0.05, 0) is 29.3 Å². The number of benzene rings is 2. The number of nitrogens with zero attached hydrogens (tertiary/aromatic N) is 2. The van der Waals surface area contributed by atoms with Crippen LogP contribution in [0.1, 0.15) is 20.7 Å². The lowest BCUT2D eigenvalue weighted by molar-refractivity contribution is 0.100.